The van der Waals surface area contributed by atoms with Crippen molar-refractivity contribution >= 4 is 41.6 Å². The number of methoxy groups -OCH3 is 4. The van der Waals surface area contributed by atoms with Crippen LogP contribution in [-0.2, 0) is 41.5 Å². The molecule has 18 nitrogen and oxygen atoms in total. The first-order valence-electron chi connectivity index (χ1n) is 28.3. The van der Waals surface area contributed by atoms with Crippen LogP contribution in [0.2, 0.25) is 0 Å². The van der Waals surface area contributed by atoms with Crippen LogP contribution in [-0.4, -0.2) is 151 Å². The Bertz CT molecular complexity index is 3590. The number of benzene rings is 6. The van der Waals surface area contributed by atoms with E-state index in [1.165, 1.54) is 87.1 Å². The number of carbonyl (C=O) groups is 2. The van der Waals surface area contributed by atoms with Gasteiger partial charge in [0.1, 0.15) is 6.04 Å². The highest BCUT2D eigenvalue weighted by Crippen LogP contribution is 2.34. The van der Waals surface area contributed by atoms with E-state index in [1.807, 2.05) is 71.6 Å². The van der Waals surface area contributed by atoms with E-state index >= 15 is 0 Å². The average Bonchev–Trinajstić information content (AvgIpc) is 2.67. The van der Waals surface area contributed by atoms with Crippen LogP contribution in [0.15, 0.2) is 217 Å². The number of ether oxygens (including phenoxy) is 4. The quantitative estimate of drug-likeness (QED) is 0.0681. The fraction of sp³-hybridized carbons (Fsp3) is 0.284. The van der Waals surface area contributed by atoms with E-state index in [0.717, 1.165) is 24.2 Å². The van der Waals surface area contributed by atoms with Gasteiger partial charge >= 0.3 is 0 Å². The van der Waals surface area contributed by atoms with Gasteiger partial charge in [-0.3, -0.25) is 29.4 Å². The first kappa shape index (κ1) is 67.3. The number of pyridine rings is 2. The Balaban J connectivity index is 0.000000212. The third-order valence-corrected chi connectivity index (χ3v) is 17.8. The smallest absolute Gasteiger partial charge is 0.261 e. The Kier molecular flexibility index (Phi) is 25.0. The molecule has 2 amide bonds. The summed E-state index contributed by atoms with van der Waals surface area (Å²) in [4.78, 5) is 43.6. The summed E-state index contributed by atoms with van der Waals surface area (Å²) in [5, 5.41) is 0. The maximum Gasteiger partial charge on any atom is 0.261 e. The number of amides is 2. The summed E-state index contributed by atoms with van der Waals surface area (Å²) in [6.45, 7) is 5.24. The maximum atomic E-state index is 14.0. The first-order chi connectivity index (χ1) is 42.1. The number of nitrogens with zero attached hydrogens (tertiary/aromatic N) is 6. The van der Waals surface area contributed by atoms with Crippen molar-refractivity contribution < 1.29 is 45.4 Å². The molecule has 2 aromatic heterocycles. The molecule has 6 aromatic carbocycles. The average molecular weight is 1250 g/mol. The number of hydrogen-bond donors (Lipinski definition) is 2. The van der Waals surface area contributed by atoms with Gasteiger partial charge in [-0.05, 0) is 82.6 Å². The second kappa shape index (κ2) is 32.7. The van der Waals surface area contributed by atoms with Crippen molar-refractivity contribution in [3.05, 3.63) is 240 Å². The van der Waals surface area contributed by atoms with Gasteiger partial charge in [0, 0.05) is 100.0 Å². The van der Waals surface area contributed by atoms with Gasteiger partial charge in [-0.15, -0.1) is 0 Å². The molecule has 2 atom stereocenters. The number of carbonyl (C=O) groups excluding carboxylic acids is 2. The van der Waals surface area contributed by atoms with Crippen molar-refractivity contribution in [1.82, 2.24) is 34.3 Å². The molecule has 0 bridgehead atoms. The van der Waals surface area contributed by atoms with Gasteiger partial charge in [-0.25, -0.2) is 16.8 Å². The molecular weight excluding hydrogens is 1180 g/mol. The molecule has 3 N–H and O–H groups in total. The highest BCUT2D eigenvalue weighted by atomic mass is 35.7. The van der Waals surface area contributed by atoms with Crippen LogP contribution in [0.25, 0.3) is 0 Å². The molecule has 21 heteroatoms. The van der Waals surface area contributed by atoms with Gasteiger partial charge < -0.3 is 34.5 Å². The molecular formula is C67H77ClN8O10S2. The summed E-state index contributed by atoms with van der Waals surface area (Å²) in [6, 6.07) is 56.5. The minimum atomic E-state index is -4.08. The van der Waals surface area contributed by atoms with Crippen LogP contribution in [0, 0.1) is 0 Å². The van der Waals surface area contributed by atoms with Crippen LogP contribution in [0.3, 0.4) is 0 Å². The SMILES string of the molecule is C.COc1ccc(S(=O)(=O)Cl)cc1OC.COc1ccc(S(=O)(=O)N[C@@H](Cc2cccnc2)C(=O)N2CCN(C(c3ccccc3)c3ccccc3)CC2)cc1OC.N[C@@H](Cc1cccnc1)C(=O)N1CCN(C(c2ccccc2)c2ccccc2)CC1. The van der Waals surface area contributed by atoms with Gasteiger partial charge in [0.25, 0.3) is 9.05 Å². The van der Waals surface area contributed by atoms with Crippen LogP contribution in [0.4, 0.5) is 0 Å². The first-order valence-corrected chi connectivity index (χ1v) is 32.1. The van der Waals surface area contributed by atoms with Crippen molar-refractivity contribution in [2.24, 2.45) is 5.73 Å². The van der Waals surface area contributed by atoms with Gasteiger partial charge in [0.05, 0.1) is 56.4 Å². The van der Waals surface area contributed by atoms with Gasteiger partial charge in [-0.1, -0.05) is 141 Å². The lowest BCUT2D eigenvalue weighted by atomic mass is 9.96. The molecule has 2 fully saturated rings. The fourth-order valence-electron chi connectivity index (χ4n) is 10.6. The third kappa shape index (κ3) is 18.2. The van der Waals surface area contributed by atoms with E-state index in [2.05, 4.69) is 97.3 Å². The molecule has 2 aliphatic heterocycles. The molecule has 4 heterocycles. The van der Waals surface area contributed by atoms with Gasteiger partial charge in [0.2, 0.25) is 21.8 Å². The molecule has 88 heavy (non-hydrogen) atoms. The van der Waals surface area contributed by atoms with Crippen molar-refractivity contribution in [3.8, 4) is 23.0 Å². The maximum absolute atomic E-state index is 14.0. The van der Waals surface area contributed by atoms with Gasteiger partial charge in [0.15, 0.2) is 23.0 Å². The largest absolute Gasteiger partial charge is 0.493 e. The van der Waals surface area contributed by atoms with Crippen molar-refractivity contribution in [2.45, 2.75) is 54.2 Å². The zero-order valence-corrected chi connectivity index (χ0v) is 51.4. The minimum absolute atomic E-state index is 0. The normalized spacial score (nSPS) is 14.4. The van der Waals surface area contributed by atoms with E-state index in [9.17, 15) is 26.4 Å². The standard InChI is InChI=1S/C33H36N4O5S.C25H28N4O.C8H9ClO4S.CH4/c1-41-30-16-15-28(23-31(30)42-2)43(39,40)35-29(22-25-10-9-17-34-24-25)33(38)37-20-18-36(19-21-37)32(26-11-5-3-6-12-26)27-13-7-4-8-14-27;26-23(18-20-8-7-13-27-19-20)25(30)29-16-14-28(15-17-29)24(21-9-3-1-4-10-21)22-11-5-2-6-12-22;1-12-7-4-3-6(14(9,10)11)5-8(7)13-2;/h3-17,23-24,29,32,35H,18-22H2,1-2H3;1-13,19,23-24H,14-18,26H2;3-5H,1-2H3;1H4/t29-;23-;;/m00../s1. The number of nitrogens with one attached hydrogen (secondary N) is 1. The highest BCUT2D eigenvalue weighted by molar-refractivity contribution is 8.13. The lowest BCUT2D eigenvalue weighted by Crippen LogP contribution is -2.56. The molecule has 0 spiro atoms. The topological polar surface area (TPSA) is 216 Å². The van der Waals surface area contributed by atoms with Crippen LogP contribution < -0.4 is 29.4 Å². The summed E-state index contributed by atoms with van der Waals surface area (Å²) >= 11 is 0. The number of rotatable bonds is 20. The molecule has 2 aliphatic rings. The molecule has 0 radical (unpaired) electrons. The molecule has 464 valence electrons. The number of sulfonamides is 1. The number of aromatic nitrogens is 2. The Labute approximate surface area is 522 Å². The van der Waals surface area contributed by atoms with Crippen molar-refractivity contribution in [2.75, 3.05) is 80.8 Å². The number of nitrogens with two attached hydrogens (primary N) is 1. The Hall–Kier alpha value is -8.21. The number of hydrogen-bond acceptors (Lipinski definition) is 15. The molecule has 0 saturated carbocycles. The lowest BCUT2D eigenvalue weighted by molar-refractivity contribution is -0.135. The van der Waals surface area contributed by atoms with Crippen molar-refractivity contribution in [3.63, 3.8) is 0 Å². The summed E-state index contributed by atoms with van der Waals surface area (Å²) in [5.41, 5.74) is 12.9. The van der Waals surface area contributed by atoms with E-state index in [-0.39, 0.29) is 53.3 Å². The second-order valence-electron chi connectivity index (χ2n) is 20.6. The van der Waals surface area contributed by atoms with Crippen LogP contribution in [0.1, 0.15) is 52.9 Å². The Morgan fingerprint density at radius 3 is 1.22 bits per heavy atom. The fourth-order valence-corrected chi connectivity index (χ4v) is 12.6. The number of piperazine rings is 2. The monoisotopic (exact) mass is 1250 g/mol. The van der Waals surface area contributed by atoms with E-state index in [1.54, 1.807) is 35.8 Å². The molecule has 2 saturated heterocycles. The predicted molar refractivity (Wildman–Crippen MR) is 343 cm³/mol. The highest BCUT2D eigenvalue weighted by Gasteiger charge is 2.35. The molecule has 0 unspecified atom stereocenters. The van der Waals surface area contributed by atoms with E-state index in [0.29, 0.717) is 62.9 Å². The summed E-state index contributed by atoms with van der Waals surface area (Å²) in [5.74, 6) is 1.22. The van der Waals surface area contributed by atoms with Crippen LogP contribution in [0.5, 0.6) is 23.0 Å². The van der Waals surface area contributed by atoms with E-state index < -0.39 is 31.2 Å². The molecule has 10 rings (SSSR count). The van der Waals surface area contributed by atoms with Crippen molar-refractivity contribution in [1.29, 1.82) is 0 Å². The van der Waals surface area contributed by atoms with E-state index in [4.69, 9.17) is 35.4 Å². The van der Waals surface area contributed by atoms with Gasteiger partial charge in [-0.2, -0.15) is 4.72 Å². The van der Waals surface area contributed by atoms with Crippen LogP contribution >= 0.6 is 10.7 Å². The molecule has 0 aliphatic carbocycles. The minimum Gasteiger partial charge on any atom is -0.493 e. The predicted octanol–water partition coefficient (Wildman–Crippen LogP) is 9.07. The zero-order valence-electron chi connectivity index (χ0n) is 49.0. The Morgan fingerprint density at radius 2 is 0.852 bits per heavy atom. The summed E-state index contributed by atoms with van der Waals surface area (Å²) < 4.78 is 72.1. The summed E-state index contributed by atoms with van der Waals surface area (Å²) in [6.07, 6.45) is 7.47. The third-order valence-electron chi connectivity index (χ3n) is 15.0. The molecule has 8 aromatic rings. The lowest BCUT2D eigenvalue weighted by Gasteiger charge is -2.40. The summed E-state index contributed by atoms with van der Waals surface area (Å²) in [7, 11) is 3.16. The second-order valence-corrected chi connectivity index (χ2v) is 24.8. The zero-order chi connectivity index (χ0) is 61.8. The Morgan fingerprint density at radius 1 is 0.489 bits per heavy atom. The number of halogens is 1.